The largest absolute Gasteiger partial charge is 0.354 e. The summed E-state index contributed by atoms with van der Waals surface area (Å²) in [5.74, 6) is 0. The molecule has 0 atom stereocenters. The Morgan fingerprint density at radius 2 is 0.554 bits per heavy atom. The SMILES string of the molecule is C=Cc1ccccc1-c1c2nc(c(-c3ccccc3C=C)c3ccc([nH]3)c(-c3ccccc3C=C)c3nc(c(-c4ccccc4C=C)c4ccc1[nH]4)C=C3)C=C2. The number of nitrogens with one attached hydrogen (secondary N) is 2. The van der Waals surface area contributed by atoms with Crippen molar-refractivity contribution in [2.45, 2.75) is 0 Å². The molecule has 7 aromatic rings. The highest BCUT2D eigenvalue weighted by molar-refractivity contribution is 6.02. The van der Waals surface area contributed by atoms with Crippen molar-refractivity contribution in [1.29, 1.82) is 0 Å². The smallest absolute Gasteiger partial charge is 0.0737 e. The maximum atomic E-state index is 5.46. The highest BCUT2D eigenvalue weighted by atomic mass is 14.8. The fourth-order valence-electron chi connectivity index (χ4n) is 7.95. The molecule has 4 aromatic carbocycles. The summed E-state index contributed by atoms with van der Waals surface area (Å²) < 4.78 is 0. The van der Waals surface area contributed by atoms with Gasteiger partial charge in [0.05, 0.1) is 22.8 Å². The second kappa shape index (κ2) is 14.3. The predicted molar refractivity (Wildman–Crippen MR) is 241 cm³/mol. The second-order valence-electron chi connectivity index (χ2n) is 13.7. The van der Waals surface area contributed by atoms with Gasteiger partial charge in [0.25, 0.3) is 0 Å². The quantitative estimate of drug-likeness (QED) is 0.164. The van der Waals surface area contributed by atoms with Crippen LogP contribution in [0.5, 0.6) is 0 Å². The molecule has 0 saturated heterocycles. The molecule has 56 heavy (non-hydrogen) atoms. The topological polar surface area (TPSA) is 57.4 Å². The van der Waals surface area contributed by atoms with Crippen molar-refractivity contribution in [3.63, 3.8) is 0 Å². The third kappa shape index (κ3) is 5.81. The van der Waals surface area contributed by atoms with Crippen molar-refractivity contribution in [3.8, 4) is 44.5 Å². The van der Waals surface area contributed by atoms with E-state index in [1.807, 2.05) is 48.6 Å². The van der Waals surface area contributed by atoms with Gasteiger partial charge in [-0.05, 0) is 93.1 Å². The lowest BCUT2D eigenvalue weighted by atomic mass is 9.98. The molecule has 0 unspecified atom stereocenters. The van der Waals surface area contributed by atoms with E-state index in [1.165, 1.54) is 0 Å². The third-order valence-corrected chi connectivity index (χ3v) is 10.6. The van der Waals surface area contributed by atoms with Gasteiger partial charge < -0.3 is 9.97 Å². The molecular weight excluding hydrogens is 681 g/mol. The van der Waals surface area contributed by atoms with Crippen LogP contribution in [-0.2, 0) is 0 Å². The lowest BCUT2D eigenvalue weighted by Gasteiger charge is -2.10. The Morgan fingerprint density at radius 3 is 0.786 bits per heavy atom. The molecule has 2 aliphatic heterocycles. The molecule has 5 heterocycles. The third-order valence-electron chi connectivity index (χ3n) is 10.6. The molecule has 0 spiro atoms. The van der Waals surface area contributed by atoms with Crippen LogP contribution in [0.15, 0.2) is 148 Å². The van der Waals surface area contributed by atoms with E-state index in [9.17, 15) is 0 Å². The molecule has 4 heteroatoms. The standard InChI is InChI=1S/C52H38N4/c1-5-33-17-9-13-21-37(33)49-41-25-27-43(53-41)50(38-22-14-10-18-34(38)6-2)45-29-31-47(55-45)52(40-24-16-12-20-36(40)8-4)48-32-30-46(56-48)51(44-28-26-42(49)54-44)39-23-15-11-19-35(39)7-3/h5-32,53,56H,1-4H2. The summed E-state index contributed by atoms with van der Waals surface area (Å²) in [6, 6.07) is 41.9. The van der Waals surface area contributed by atoms with Gasteiger partial charge in [0, 0.05) is 44.3 Å². The number of nitrogens with zero attached hydrogens (tertiary/aromatic N) is 2. The average Bonchev–Trinajstić information content (AvgIpc) is 4.10. The first-order chi connectivity index (χ1) is 27.6. The minimum atomic E-state index is 0.837. The van der Waals surface area contributed by atoms with Crippen LogP contribution in [0.1, 0.15) is 45.0 Å². The van der Waals surface area contributed by atoms with Gasteiger partial charge in [-0.1, -0.05) is 148 Å². The first kappa shape index (κ1) is 34.2. The summed E-state index contributed by atoms with van der Waals surface area (Å²) in [5, 5.41) is 0. The van der Waals surface area contributed by atoms with Gasteiger partial charge in [0.15, 0.2) is 0 Å². The Morgan fingerprint density at radius 1 is 0.321 bits per heavy atom. The Kier molecular flexibility index (Phi) is 8.77. The molecule has 266 valence electrons. The number of hydrogen-bond donors (Lipinski definition) is 2. The van der Waals surface area contributed by atoms with Crippen molar-refractivity contribution in [2.75, 3.05) is 0 Å². The van der Waals surface area contributed by atoms with Gasteiger partial charge in [-0.2, -0.15) is 0 Å². The lowest BCUT2D eigenvalue weighted by molar-refractivity contribution is 1.31. The van der Waals surface area contributed by atoms with Crippen molar-refractivity contribution in [1.82, 2.24) is 19.9 Å². The number of aromatic nitrogens is 4. The molecule has 0 saturated carbocycles. The maximum Gasteiger partial charge on any atom is 0.0737 e. The molecule has 2 aliphatic rings. The van der Waals surface area contributed by atoms with E-state index in [2.05, 4.69) is 158 Å². The highest BCUT2D eigenvalue weighted by Crippen LogP contribution is 2.41. The van der Waals surface area contributed by atoms with Crippen molar-refractivity contribution in [2.24, 2.45) is 0 Å². The molecule has 0 amide bonds. The molecule has 8 bridgehead atoms. The zero-order valence-electron chi connectivity index (χ0n) is 30.9. The lowest BCUT2D eigenvalue weighted by Crippen LogP contribution is -1.92. The van der Waals surface area contributed by atoms with Gasteiger partial charge in [-0.15, -0.1) is 0 Å². The molecule has 4 nitrogen and oxygen atoms in total. The molecule has 0 fully saturated rings. The molecule has 3 aromatic heterocycles. The minimum Gasteiger partial charge on any atom is -0.354 e. The Labute approximate surface area is 326 Å². The van der Waals surface area contributed by atoms with E-state index in [0.29, 0.717) is 0 Å². The summed E-state index contributed by atoms with van der Waals surface area (Å²) in [6.07, 6.45) is 16.1. The number of aromatic amines is 2. The van der Waals surface area contributed by atoms with Crippen LogP contribution in [-0.4, -0.2) is 19.9 Å². The summed E-state index contributed by atoms with van der Waals surface area (Å²) in [6.45, 7) is 16.7. The number of hydrogen-bond acceptors (Lipinski definition) is 2. The van der Waals surface area contributed by atoms with Crippen LogP contribution < -0.4 is 0 Å². The van der Waals surface area contributed by atoms with Crippen LogP contribution >= 0.6 is 0 Å². The highest BCUT2D eigenvalue weighted by Gasteiger charge is 2.21. The van der Waals surface area contributed by atoms with E-state index in [0.717, 1.165) is 112 Å². The Hall–Kier alpha value is -7.56. The van der Waals surface area contributed by atoms with Gasteiger partial charge in [0.1, 0.15) is 0 Å². The van der Waals surface area contributed by atoms with Crippen LogP contribution in [0, 0.1) is 0 Å². The van der Waals surface area contributed by atoms with Crippen molar-refractivity contribution >= 4 is 70.7 Å². The van der Waals surface area contributed by atoms with E-state index in [1.54, 1.807) is 0 Å². The first-order valence-electron chi connectivity index (χ1n) is 18.6. The number of benzene rings is 4. The number of rotatable bonds is 8. The zero-order valence-corrected chi connectivity index (χ0v) is 30.9. The van der Waals surface area contributed by atoms with E-state index >= 15 is 0 Å². The van der Waals surface area contributed by atoms with Crippen LogP contribution in [0.4, 0.5) is 0 Å². The molecule has 9 rings (SSSR count). The zero-order chi connectivity index (χ0) is 38.2. The monoisotopic (exact) mass is 718 g/mol. The average molecular weight is 719 g/mol. The molecule has 0 aliphatic carbocycles. The van der Waals surface area contributed by atoms with Gasteiger partial charge in [-0.3, -0.25) is 0 Å². The predicted octanol–water partition coefficient (Wildman–Crippen LogP) is 13.9. The maximum absolute atomic E-state index is 5.46. The number of H-pyrrole nitrogens is 2. The van der Waals surface area contributed by atoms with Gasteiger partial charge in [-0.25, -0.2) is 9.97 Å². The van der Waals surface area contributed by atoms with Crippen molar-refractivity contribution < 1.29 is 0 Å². The Bertz CT molecular complexity index is 2600. The summed E-state index contributed by atoms with van der Waals surface area (Å²) in [4.78, 5) is 18.6. The molecule has 2 N–H and O–H groups in total. The minimum absolute atomic E-state index is 0.837. The fraction of sp³-hybridized carbons (Fsp3) is 0. The summed E-state index contributed by atoms with van der Waals surface area (Å²) >= 11 is 0. The van der Waals surface area contributed by atoms with Crippen LogP contribution in [0.3, 0.4) is 0 Å². The molecular formula is C52H38N4. The van der Waals surface area contributed by atoms with E-state index in [4.69, 9.17) is 9.97 Å². The van der Waals surface area contributed by atoms with Crippen molar-refractivity contribution in [3.05, 3.63) is 193 Å². The normalized spacial score (nSPS) is 11.7. The van der Waals surface area contributed by atoms with E-state index < -0.39 is 0 Å². The van der Waals surface area contributed by atoms with Gasteiger partial charge >= 0.3 is 0 Å². The summed E-state index contributed by atoms with van der Waals surface area (Å²) in [7, 11) is 0. The number of fused-ring (bicyclic) bond motifs is 8. The van der Waals surface area contributed by atoms with Gasteiger partial charge in [0.2, 0.25) is 0 Å². The van der Waals surface area contributed by atoms with E-state index in [-0.39, 0.29) is 0 Å². The first-order valence-corrected chi connectivity index (χ1v) is 18.6. The fourth-order valence-corrected chi connectivity index (χ4v) is 7.95. The Balaban J connectivity index is 1.53. The van der Waals surface area contributed by atoms with Crippen LogP contribution in [0.2, 0.25) is 0 Å². The second-order valence-corrected chi connectivity index (χ2v) is 13.7. The summed E-state index contributed by atoms with van der Waals surface area (Å²) in [5.41, 5.74) is 19.1. The van der Waals surface area contributed by atoms with Crippen LogP contribution in [0.25, 0.3) is 115 Å². The molecule has 0 radical (unpaired) electrons.